The maximum Gasteiger partial charge on any atom is 0.207 e. The van der Waals surface area contributed by atoms with Crippen LogP contribution in [0.15, 0.2) is 41.4 Å². The largest absolute Gasteiger partial charge is 0.478 e. The molecule has 5 heteroatoms. The first-order valence-electron chi connectivity index (χ1n) is 9.45. The maximum atomic E-state index is 5.98. The molecule has 0 atom stereocenters. The predicted octanol–water partition coefficient (Wildman–Crippen LogP) is 3.43. The third-order valence-corrected chi connectivity index (χ3v) is 4.25. The number of hydrogen-bond acceptors (Lipinski definition) is 3. The van der Waals surface area contributed by atoms with Crippen LogP contribution in [0.4, 0.5) is 5.69 Å². The summed E-state index contributed by atoms with van der Waals surface area (Å²) in [6, 6.07) is 12.2. The van der Waals surface area contributed by atoms with Gasteiger partial charge in [-0.2, -0.15) is 0 Å². The fourth-order valence-corrected chi connectivity index (χ4v) is 2.54. The van der Waals surface area contributed by atoms with Gasteiger partial charge >= 0.3 is 0 Å². The molecule has 0 aliphatic heterocycles. The Kier molecular flexibility index (Phi) is 7.70. The van der Waals surface area contributed by atoms with Crippen molar-refractivity contribution in [2.45, 2.75) is 33.6 Å². The van der Waals surface area contributed by atoms with Gasteiger partial charge in [0.2, 0.25) is 5.88 Å². The number of ether oxygens (including phenoxy) is 1. The Morgan fingerprint density at radius 3 is 2.65 bits per heavy atom. The van der Waals surface area contributed by atoms with E-state index in [-0.39, 0.29) is 0 Å². The van der Waals surface area contributed by atoms with E-state index in [9.17, 15) is 0 Å². The molecule has 0 saturated heterocycles. The van der Waals surface area contributed by atoms with Gasteiger partial charge < -0.3 is 9.64 Å². The maximum absolute atomic E-state index is 5.98. The van der Waals surface area contributed by atoms with Crippen LogP contribution in [-0.4, -0.2) is 44.3 Å². The van der Waals surface area contributed by atoms with Crippen LogP contribution in [0.1, 0.15) is 33.6 Å². The number of aliphatic imine (C=N–C) groups is 1. The molecular formula is C21H30BN3O. The number of nitrogens with zero attached hydrogens (tertiary/aromatic N) is 3. The minimum absolute atomic E-state index is 0.694. The van der Waals surface area contributed by atoms with Crippen molar-refractivity contribution >= 4 is 25.3 Å². The molecule has 0 bridgehead atoms. The molecule has 1 aromatic heterocycles. The quantitative estimate of drug-likeness (QED) is 0.301. The zero-order chi connectivity index (χ0) is 18.9. The molecule has 0 unspecified atom stereocenters. The second-order valence-corrected chi connectivity index (χ2v) is 7.05. The molecule has 0 aliphatic rings. The van der Waals surface area contributed by atoms with Gasteiger partial charge in [-0.3, -0.25) is 0 Å². The van der Waals surface area contributed by atoms with Crippen LogP contribution in [0, 0.1) is 5.92 Å². The van der Waals surface area contributed by atoms with Crippen molar-refractivity contribution in [1.82, 2.24) is 9.88 Å². The molecule has 1 aromatic carbocycles. The molecule has 0 fully saturated rings. The molecule has 0 saturated carbocycles. The Hall–Kier alpha value is -2.30. The number of pyridine rings is 1. The van der Waals surface area contributed by atoms with E-state index >= 15 is 0 Å². The first kappa shape index (κ1) is 20.0. The van der Waals surface area contributed by atoms with Crippen LogP contribution in [0.5, 0.6) is 5.88 Å². The highest BCUT2D eigenvalue weighted by molar-refractivity contribution is 6.34. The Morgan fingerprint density at radius 2 is 2.00 bits per heavy atom. The lowest BCUT2D eigenvalue weighted by molar-refractivity contribution is 0.290. The predicted molar refractivity (Wildman–Crippen MR) is 114 cm³/mol. The van der Waals surface area contributed by atoms with Crippen molar-refractivity contribution in [3.05, 3.63) is 36.4 Å². The SMILES string of the molecule is Bc1cc(/N=C/N(C)CC)c(-c2ccccc2)nc1OCCCC(C)C. The van der Waals surface area contributed by atoms with E-state index < -0.39 is 0 Å². The summed E-state index contributed by atoms with van der Waals surface area (Å²) in [4.78, 5) is 11.5. The van der Waals surface area contributed by atoms with Crippen molar-refractivity contribution in [3.63, 3.8) is 0 Å². The highest BCUT2D eigenvalue weighted by Crippen LogP contribution is 2.29. The van der Waals surface area contributed by atoms with Gasteiger partial charge in [0, 0.05) is 19.2 Å². The van der Waals surface area contributed by atoms with Gasteiger partial charge in [0.05, 0.1) is 24.3 Å². The van der Waals surface area contributed by atoms with E-state index in [2.05, 4.69) is 44.0 Å². The fraction of sp³-hybridized carbons (Fsp3) is 0.429. The molecule has 26 heavy (non-hydrogen) atoms. The molecular weight excluding hydrogens is 321 g/mol. The van der Waals surface area contributed by atoms with E-state index in [1.165, 1.54) is 0 Å². The van der Waals surface area contributed by atoms with Crippen LogP contribution < -0.4 is 10.2 Å². The van der Waals surface area contributed by atoms with Crippen molar-refractivity contribution in [2.24, 2.45) is 10.9 Å². The van der Waals surface area contributed by atoms with E-state index in [1.807, 2.05) is 44.3 Å². The number of hydrogen-bond donors (Lipinski definition) is 0. The minimum Gasteiger partial charge on any atom is -0.478 e. The van der Waals surface area contributed by atoms with E-state index in [4.69, 9.17) is 9.72 Å². The topological polar surface area (TPSA) is 37.7 Å². The zero-order valence-corrected chi connectivity index (χ0v) is 16.7. The average molecular weight is 351 g/mol. The summed E-state index contributed by atoms with van der Waals surface area (Å²) in [5, 5.41) is 0. The van der Waals surface area contributed by atoms with Gasteiger partial charge in [-0.25, -0.2) is 9.98 Å². The van der Waals surface area contributed by atoms with Crippen LogP contribution in [0.2, 0.25) is 0 Å². The number of rotatable bonds is 9. The van der Waals surface area contributed by atoms with E-state index in [1.54, 1.807) is 0 Å². The summed E-state index contributed by atoms with van der Waals surface area (Å²) in [5.74, 6) is 1.40. The molecule has 0 N–H and O–H groups in total. The molecule has 0 radical (unpaired) electrons. The third-order valence-electron chi connectivity index (χ3n) is 4.25. The summed E-state index contributed by atoms with van der Waals surface area (Å²) in [6.07, 6.45) is 4.06. The van der Waals surface area contributed by atoms with Crippen LogP contribution in [0.25, 0.3) is 11.3 Å². The number of benzene rings is 1. The molecule has 0 aliphatic carbocycles. The lowest BCUT2D eigenvalue weighted by Crippen LogP contribution is -2.15. The zero-order valence-electron chi connectivity index (χ0n) is 16.7. The van der Waals surface area contributed by atoms with Crippen LogP contribution in [0.3, 0.4) is 0 Å². The standard InChI is InChI=1S/C21H30BN3O/c1-5-25(4)15-23-19-14-18(22)21(26-13-9-10-16(2)3)24-20(19)17-11-7-6-8-12-17/h6-8,11-12,14-16H,5,9-10,13,22H2,1-4H3/b23-15+. The van der Waals surface area contributed by atoms with Gasteiger partial charge in [-0.15, -0.1) is 0 Å². The summed E-state index contributed by atoms with van der Waals surface area (Å²) >= 11 is 0. The van der Waals surface area contributed by atoms with Crippen molar-refractivity contribution in [3.8, 4) is 17.1 Å². The Morgan fingerprint density at radius 1 is 1.27 bits per heavy atom. The molecule has 4 nitrogen and oxygen atoms in total. The first-order valence-corrected chi connectivity index (χ1v) is 9.45. The molecule has 2 rings (SSSR count). The van der Waals surface area contributed by atoms with Gasteiger partial charge in [0.25, 0.3) is 0 Å². The van der Waals surface area contributed by atoms with E-state index in [0.717, 1.165) is 41.8 Å². The second-order valence-electron chi connectivity index (χ2n) is 7.05. The Balaban J connectivity index is 2.30. The van der Waals surface area contributed by atoms with Crippen molar-refractivity contribution in [2.75, 3.05) is 20.2 Å². The van der Waals surface area contributed by atoms with Crippen molar-refractivity contribution in [1.29, 1.82) is 0 Å². The third kappa shape index (κ3) is 5.90. The molecule has 0 amide bonds. The smallest absolute Gasteiger partial charge is 0.207 e. The highest BCUT2D eigenvalue weighted by Gasteiger charge is 2.12. The van der Waals surface area contributed by atoms with Crippen molar-refractivity contribution < 1.29 is 4.74 Å². The summed E-state index contributed by atoms with van der Waals surface area (Å²) < 4.78 is 5.98. The molecule has 0 spiro atoms. The Bertz CT molecular complexity index is 717. The normalized spacial score (nSPS) is 11.3. The van der Waals surface area contributed by atoms with Gasteiger partial charge in [-0.1, -0.05) is 44.2 Å². The average Bonchev–Trinajstić information content (AvgIpc) is 2.64. The summed E-state index contributed by atoms with van der Waals surface area (Å²) in [6.45, 7) is 8.17. The molecule has 1 heterocycles. The minimum atomic E-state index is 0.694. The lowest BCUT2D eigenvalue weighted by atomic mass is 9.95. The highest BCUT2D eigenvalue weighted by atomic mass is 16.5. The van der Waals surface area contributed by atoms with Gasteiger partial charge in [-0.05, 0) is 37.2 Å². The second kappa shape index (κ2) is 10.0. The molecule has 138 valence electrons. The number of aromatic nitrogens is 1. The monoisotopic (exact) mass is 351 g/mol. The first-order chi connectivity index (χ1) is 12.5. The summed E-state index contributed by atoms with van der Waals surface area (Å²) in [7, 11) is 4.04. The van der Waals surface area contributed by atoms with Gasteiger partial charge in [0.1, 0.15) is 7.85 Å². The molecule has 2 aromatic rings. The van der Waals surface area contributed by atoms with Crippen LogP contribution in [-0.2, 0) is 0 Å². The van der Waals surface area contributed by atoms with Crippen LogP contribution >= 0.6 is 0 Å². The van der Waals surface area contributed by atoms with Gasteiger partial charge in [0.15, 0.2) is 0 Å². The summed E-state index contributed by atoms with van der Waals surface area (Å²) in [5.41, 5.74) is 3.78. The fourth-order valence-electron chi connectivity index (χ4n) is 2.54. The lowest BCUT2D eigenvalue weighted by Gasteiger charge is -2.14. The Labute approximate surface area is 158 Å². The van der Waals surface area contributed by atoms with E-state index in [0.29, 0.717) is 18.4 Å².